The van der Waals surface area contributed by atoms with E-state index in [1.54, 1.807) is 25.3 Å². The number of benzene rings is 2. The first kappa shape index (κ1) is 26.6. The van der Waals surface area contributed by atoms with Crippen LogP contribution in [0, 0.1) is 17.0 Å². The van der Waals surface area contributed by atoms with Gasteiger partial charge in [0.2, 0.25) is 5.91 Å². The molecule has 4 unspecified atom stereocenters. The molecular weight excluding hydrogens is 534 g/mol. The number of anilines is 2. The highest BCUT2D eigenvalue weighted by Gasteiger charge is 2.49. The minimum Gasteiger partial charge on any atom is -0.733 e. The highest BCUT2D eigenvalue weighted by molar-refractivity contribution is 5.83. The number of pyridine rings is 1. The lowest BCUT2D eigenvalue weighted by molar-refractivity contribution is -0.126. The van der Waals surface area contributed by atoms with Crippen molar-refractivity contribution in [2.75, 3.05) is 30.3 Å². The molecule has 2 N–H and O–H groups in total. The van der Waals surface area contributed by atoms with Gasteiger partial charge in [-0.3, -0.25) is 14.8 Å². The van der Waals surface area contributed by atoms with Crippen molar-refractivity contribution in [3.05, 3.63) is 93.7 Å². The summed E-state index contributed by atoms with van der Waals surface area (Å²) in [6.45, 7) is 2.57. The first-order chi connectivity index (χ1) is 20.4. The summed E-state index contributed by atoms with van der Waals surface area (Å²) in [6, 6.07) is 18.7. The second kappa shape index (κ2) is 10.5. The predicted octanol–water partition coefficient (Wildman–Crippen LogP) is 3.88. The molecule has 4 aromatic rings. The van der Waals surface area contributed by atoms with Crippen molar-refractivity contribution in [3.8, 4) is 5.75 Å². The SMILES string of the molecule is COc1ccc2c(ccn2CCCNC(=O)C2Cc3cc(N([O-])O)ccc3N3CC4CC(Cn5c4cccc5=O)C23)c1. The number of hydrogen-bond donors (Lipinski definition) is 2. The van der Waals surface area contributed by atoms with Gasteiger partial charge in [0, 0.05) is 72.7 Å². The fraction of sp³-hybridized carbons (Fsp3) is 0.375. The molecule has 10 heteroatoms. The number of amides is 1. The van der Waals surface area contributed by atoms with E-state index in [1.165, 1.54) is 0 Å². The Hall–Kier alpha value is -4.28. The number of nitrogens with zero attached hydrogens (tertiary/aromatic N) is 4. The summed E-state index contributed by atoms with van der Waals surface area (Å²) < 4.78 is 9.41. The van der Waals surface area contributed by atoms with Crippen LogP contribution in [0.25, 0.3) is 10.9 Å². The van der Waals surface area contributed by atoms with Crippen molar-refractivity contribution in [1.29, 1.82) is 0 Å². The molecule has 0 radical (unpaired) electrons. The molecular formula is C32H34N5O5-. The zero-order valence-corrected chi connectivity index (χ0v) is 23.5. The van der Waals surface area contributed by atoms with Crippen LogP contribution in [0.1, 0.15) is 30.0 Å². The molecule has 1 saturated heterocycles. The highest BCUT2D eigenvalue weighted by Crippen LogP contribution is 2.47. The molecule has 0 saturated carbocycles. The van der Waals surface area contributed by atoms with E-state index in [0.29, 0.717) is 26.1 Å². The molecule has 0 aliphatic carbocycles. The zero-order valence-electron chi connectivity index (χ0n) is 23.5. The molecule has 42 heavy (non-hydrogen) atoms. The summed E-state index contributed by atoms with van der Waals surface area (Å²) in [4.78, 5) is 28.9. The number of nitrogens with one attached hydrogen (secondary N) is 1. The number of piperidine rings is 1. The van der Waals surface area contributed by atoms with E-state index in [0.717, 1.165) is 53.0 Å². The van der Waals surface area contributed by atoms with Gasteiger partial charge in [-0.05, 0) is 79.3 Å². The van der Waals surface area contributed by atoms with E-state index in [2.05, 4.69) is 33.1 Å². The van der Waals surface area contributed by atoms with Crippen LogP contribution in [-0.4, -0.2) is 46.5 Å². The molecule has 3 aliphatic rings. The third-order valence-electron chi connectivity index (χ3n) is 9.40. The van der Waals surface area contributed by atoms with Crippen LogP contribution < -0.4 is 25.7 Å². The van der Waals surface area contributed by atoms with E-state index in [-0.39, 0.29) is 46.2 Å². The van der Waals surface area contributed by atoms with Crippen LogP contribution in [0.5, 0.6) is 5.75 Å². The lowest BCUT2D eigenvalue weighted by Gasteiger charge is -2.54. The van der Waals surface area contributed by atoms with Gasteiger partial charge >= 0.3 is 0 Å². The second-order valence-corrected chi connectivity index (χ2v) is 11.7. The van der Waals surface area contributed by atoms with Crippen LogP contribution in [0.2, 0.25) is 0 Å². The lowest BCUT2D eigenvalue weighted by atomic mass is 9.70. The minimum absolute atomic E-state index is 0.00645. The van der Waals surface area contributed by atoms with Crippen molar-refractivity contribution in [3.63, 3.8) is 0 Å². The van der Waals surface area contributed by atoms with Gasteiger partial charge in [-0.2, -0.15) is 0 Å². The Labute approximate surface area is 243 Å². The van der Waals surface area contributed by atoms with Crippen molar-refractivity contribution in [2.45, 2.75) is 44.3 Å². The van der Waals surface area contributed by atoms with Crippen LogP contribution >= 0.6 is 0 Å². The molecule has 2 bridgehead atoms. The first-order valence-corrected chi connectivity index (χ1v) is 14.6. The standard InChI is InChI=1S/C32H34N5O5/c1-42-25-7-9-27-20(16-25)10-13-34(27)12-3-11-33-32(39)26-17-21-15-24(37(40)41)6-8-29(21)36-18-22-14-23(31(26)36)19-35-28(22)4-2-5-30(35)38/h2,4-10,13,15-16,22-23,26,31,40H,3,11-12,14,17-19H2,1H3,(H,33,39)/q-1. The van der Waals surface area contributed by atoms with E-state index in [1.807, 2.05) is 34.9 Å². The van der Waals surface area contributed by atoms with Crippen molar-refractivity contribution in [2.24, 2.45) is 11.8 Å². The van der Waals surface area contributed by atoms with Crippen LogP contribution in [0.3, 0.4) is 0 Å². The smallest absolute Gasteiger partial charge is 0.250 e. The fourth-order valence-electron chi connectivity index (χ4n) is 7.55. The Morgan fingerprint density at radius 2 is 2.02 bits per heavy atom. The van der Waals surface area contributed by atoms with Crippen molar-refractivity contribution >= 4 is 28.2 Å². The normalized spacial score (nSPS) is 22.2. The maximum atomic E-state index is 13.9. The Kier molecular flexibility index (Phi) is 6.67. The summed E-state index contributed by atoms with van der Waals surface area (Å²) in [5, 5.41) is 25.4. The van der Waals surface area contributed by atoms with Gasteiger partial charge in [0.25, 0.3) is 5.56 Å². The molecule has 4 atom stereocenters. The van der Waals surface area contributed by atoms with Gasteiger partial charge in [0.15, 0.2) is 0 Å². The third-order valence-corrected chi connectivity index (χ3v) is 9.40. The van der Waals surface area contributed by atoms with Crippen molar-refractivity contribution in [1.82, 2.24) is 14.5 Å². The maximum Gasteiger partial charge on any atom is 0.250 e. The zero-order chi connectivity index (χ0) is 29.0. The van der Waals surface area contributed by atoms with E-state index in [4.69, 9.17) is 4.74 Å². The number of ether oxygens (including phenoxy) is 1. The fourth-order valence-corrected chi connectivity index (χ4v) is 7.55. The Bertz CT molecular complexity index is 1710. The van der Waals surface area contributed by atoms with Gasteiger partial charge in [0.1, 0.15) is 5.75 Å². The third kappa shape index (κ3) is 4.51. The molecule has 3 aliphatic heterocycles. The summed E-state index contributed by atoms with van der Waals surface area (Å²) in [7, 11) is 1.66. The summed E-state index contributed by atoms with van der Waals surface area (Å²) in [5.74, 6) is 0.768. The summed E-state index contributed by atoms with van der Waals surface area (Å²) in [6.07, 6.45) is 4.22. The molecule has 1 amide bonds. The van der Waals surface area contributed by atoms with Crippen molar-refractivity contribution < 1.29 is 14.7 Å². The number of aromatic nitrogens is 2. The average Bonchev–Trinajstić information content (AvgIpc) is 3.41. The largest absolute Gasteiger partial charge is 0.733 e. The van der Waals surface area contributed by atoms with Gasteiger partial charge in [0.05, 0.1) is 18.7 Å². The van der Waals surface area contributed by atoms with Crippen LogP contribution in [0.4, 0.5) is 11.4 Å². The molecule has 5 heterocycles. The molecule has 2 aromatic carbocycles. The molecule has 218 valence electrons. The topological polar surface area (TPSA) is 115 Å². The minimum atomic E-state index is -0.349. The molecule has 7 rings (SSSR count). The number of hydrogen-bond acceptors (Lipinski definition) is 7. The average molecular weight is 569 g/mol. The summed E-state index contributed by atoms with van der Waals surface area (Å²) in [5.41, 5.74) is 4.19. The van der Waals surface area contributed by atoms with Crippen LogP contribution in [0.15, 0.2) is 71.7 Å². The Balaban J connectivity index is 1.12. The molecule has 0 spiro atoms. The second-order valence-electron chi connectivity index (χ2n) is 11.7. The predicted molar refractivity (Wildman–Crippen MR) is 160 cm³/mol. The number of carbonyl (C=O) groups excluding carboxylic acids is 1. The summed E-state index contributed by atoms with van der Waals surface area (Å²) >= 11 is 0. The van der Waals surface area contributed by atoms with Crippen LogP contribution in [-0.2, 0) is 24.3 Å². The van der Waals surface area contributed by atoms with Gasteiger partial charge in [-0.15, -0.1) is 0 Å². The van der Waals surface area contributed by atoms with E-state index >= 15 is 0 Å². The van der Waals surface area contributed by atoms with E-state index < -0.39 is 0 Å². The monoisotopic (exact) mass is 568 g/mol. The highest BCUT2D eigenvalue weighted by atomic mass is 16.8. The molecule has 2 aromatic heterocycles. The molecule has 10 nitrogen and oxygen atoms in total. The van der Waals surface area contributed by atoms with Gasteiger partial charge in [-0.25, -0.2) is 0 Å². The van der Waals surface area contributed by atoms with E-state index in [9.17, 15) is 20.0 Å². The Morgan fingerprint density at radius 1 is 1.14 bits per heavy atom. The first-order valence-electron chi connectivity index (χ1n) is 14.6. The molecule has 1 fully saturated rings. The quantitative estimate of drug-likeness (QED) is 0.257. The number of rotatable bonds is 7. The van der Waals surface area contributed by atoms with Gasteiger partial charge < -0.3 is 34.5 Å². The number of aryl methyl sites for hydroxylation is 1. The number of methoxy groups -OCH3 is 1. The number of fused-ring (bicyclic) bond motifs is 9. The number of carbonyl (C=O) groups is 1. The maximum absolute atomic E-state index is 13.9. The Morgan fingerprint density at radius 3 is 2.86 bits per heavy atom. The van der Waals surface area contributed by atoms with Gasteiger partial charge in [-0.1, -0.05) is 6.07 Å². The lowest BCUT2D eigenvalue weighted by Crippen LogP contribution is -2.61.